The molecule has 0 spiro atoms. The van der Waals surface area contributed by atoms with Crippen LogP contribution in [-0.2, 0) is 20.2 Å². The van der Waals surface area contributed by atoms with E-state index >= 15 is 0 Å². The smallest absolute Gasteiger partial charge is 0.193 e. The first kappa shape index (κ1) is 21.7. The zero-order valence-corrected chi connectivity index (χ0v) is 19.0. The number of aliphatic imine (C=N–C) groups is 1. The fourth-order valence-electron chi connectivity index (χ4n) is 4.07. The van der Waals surface area contributed by atoms with E-state index < -0.39 is 0 Å². The van der Waals surface area contributed by atoms with Gasteiger partial charge in [0.2, 0.25) is 0 Å². The Morgan fingerprint density at radius 3 is 2.72 bits per heavy atom. The lowest BCUT2D eigenvalue weighted by atomic mass is 10.0. The number of guanidine groups is 1. The SMILES string of the molecule is CN=C(NCc1ccc(OCc2ccccc2)c(OC)c1)N1CCC(c2cnn(C)c2)C1. The zero-order valence-electron chi connectivity index (χ0n) is 19.0. The highest BCUT2D eigenvalue weighted by atomic mass is 16.5. The molecule has 3 aromatic rings. The number of hydrogen-bond acceptors (Lipinski definition) is 4. The van der Waals surface area contributed by atoms with Gasteiger partial charge in [-0.05, 0) is 35.2 Å². The molecule has 1 aromatic heterocycles. The minimum absolute atomic E-state index is 0.489. The number of aryl methyl sites for hydroxylation is 1. The van der Waals surface area contributed by atoms with E-state index in [9.17, 15) is 0 Å². The van der Waals surface area contributed by atoms with Gasteiger partial charge in [0.15, 0.2) is 17.5 Å². The number of hydrogen-bond donors (Lipinski definition) is 1. The van der Waals surface area contributed by atoms with Crippen molar-refractivity contribution in [1.82, 2.24) is 20.0 Å². The van der Waals surface area contributed by atoms with Crippen LogP contribution in [0.15, 0.2) is 65.9 Å². The van der Waals surface area contributed by atoms with Crippen molar-refractivity contribution in [2.75, 3.05) is 27.2 Å². The summed E-state index contributed by atoms with van der Waals surface area (Å²) in [7, 11) is 5.47. The van der Waals surface area contributed by atoms with Gasteiger partial charge < -0.3 is 19.7 Å². The van der Waals surface area contributed by atoms with E-state index in [0.29, 0.717) is 19.1 Å². The van der Waals surface area contributed by atoms with E-state index in [4.69, 9.17) is 9.47 Å². The molecule has 0 saturated carbocycles. The second-order valence-corrected chi connectivity index (χ2v) is 8.04. The fourth-order valence-corrected chi connectivity index (χ4v) is 4.07. The second kappa shape index (κ2) is 10.2. The molecule has 168 valence electrons. The van der Waals surface area contributed by atoms with E-state index in [1.54, 1.807) is 7.11 Å². The molecule has 1 N–H and O–H groups in total. The minimum Gasteiger partial charge on any atom is -0.493 e. The number of aromatic nitrogens is 2. The van der Waals surface area contributed by atoms with Crippen molar-refractivity contribution in [1.29, 1.82) is 0 Å². The molecule has 0 aliphatic carbocycles. The Morgan fingerprint density at radius 2 is 2.00 bits per heavy atom. The highest BCUT2D eigenvalue weighted by Gasteiger charge is 2.26. The summed E-state index contributed by atoms with van der Waals surface area (Å²) < 4.78 is 13.4. The van der Waals surface area contributed by atoms with Crippen molar-refractivity contribution in [2.45, 2.75) is 25.5 Å². The summed E-state index contributed by atoms with van der Waals surface area (Å²) in [5.41, 5.74) is 3.53. The quantitative estimate of drug-likeness (QED) is 0.456. The van der Waals surface area contributed by atoms with Crippen LogP contribution in [0.25, 0.3) is 0 Å². The molecule has 2 aromatic carbocycles. The lowest BCUT2D eigenvalue weighted by Crippen LogP contribution is -2.39. The van der Waals surface area contributed by atoms with Gasteiger partial charge in [0.25, 0.3) is 0 Å². The summed E-state index contributed by atoms with van der Waals surface area (Å²) in [6.45, 7) is 3.10. The Labute approximate surface area is 189 Å². The molecule has 1 fully saturated rings. The Kier molecular flexibility index (Phi) is 6.94. The van der Waals surface area contributed by atoms with Gasteiger partial charge in [-0.1, -0.05) is 36.4 Å². The standard InChI is InChI=1S/C25H31N5O2/c1-26-25(30-12-11-21(17-30)22-15-28-29(2)16-22)27-14-20-9-10-23(24(13-20)31-3)32-18-19-7-5-4-6-8-19/h4-10,13,15-16,21H,11-12,14,17-18H2,1-3H3,(H,26,27). The van der Waals surface area contributed by atoms with Crippen LogP contribution in [0.5, 0.6) is 11.5 Å². The van der Waals surface area contributed by atoms with Gasteiger partial charge in [0, 0.05) is 45.8 Å². The number of nitrogens with one attached hydrogen (secondary N) is 1. The van der Waals surface area contributed by atoms with Crippen molar-refractivity contribution >= 4 is 5.96 Å². The van der Waals surface area contributed by atoms with Crippen LogP contribution in [0, 0.1) is 0 Å². The molecule has 32 heavy (non-hydrogen) atoms. The van der Waals surface area contributed by atoms with Crippen molar-refractivity contribution in [2.24, 2.45) is 12.0 Å². The van der Waals surface area contributed by atoms with Gasteiger partial charge in [-0.15, -0.1) is 0 Å². The molecular formula is C25H31N5O2. The van der Waals surface area contributed by atoms with Crippen molar-refractivity contribution in [3.8, 4) is 11.5 Å². The molecule has 4 rings (SSSR count). The molecular weight excluding hydrogens is 402 g/mol. The average Bonchev–Trinajstić information content (AvgIpc) is 3.48. The predicted molar refractivity (Wildman–Crippen MR) is 126 cm³/mol. The van der Waals surface area contributed by atoms with Crippen molar-refractivity contribution < 1.29 is 9.47 Å². The maximum atomic E-state index is 5.97. The Balaban J connectivity index is 1.34. The minimum atomic E-state index is 0.489. The van der Waals surface area contributed by atoms with Crippen LogP contribution < -0.4 is 14.8 Å². The number of benzene rings is 2. The molecule has 1 aliphatic rings. The van der Waals surface area contributed by atoms with E-state index in [1.165, 1.54) is 5.56 Å². The van der Waals surface area contributed by atoms with Crippen LogP contribution >= 0.6 is 0 Å². The number of likely N-dealkylation sites (tertiary alicyclic amines) is 1. The highest BCUT2D eigenvalue weighted by molar-refractivity contribution is 5.80. The summed E-state index contributed by atoms with van der Waals surface area (Å²) in [5, 5.41) is 7.80. The monoisotopic (exact) mass is 433 g/mol. The first-order chi connectivity index (χ1) is 15.7. The number of ether oxygens (including phenoxy) is 2. The summed E-state index contributed by atoms with van der Waals surface area (Å²) in [5.74, 6) is 2.87. The summed E-state index contributed by atoms with van der Waals surface area (Å²) in [6.07, 6.45) is 5.18. The molecule has 1 unspecified atom stereocenters. The van der Waals surface area contributed by atoms with Gasteiger partial charge in [-0.25, -0.2) is 0 Å². The Morgan fingerprint density at radius 1 is 1.16 bits per heavy atom. The predicted octanol–water partition coefficient (Wildman–Crippen LogP) is 3.57. The van der Waals surface area contributed by atoms with Crippen molar-refractivity contribution in [3.63, 3.8) is 0 Å². The molecule has 0 bridgehead atoms. The number of nitrogens with zero attached hydrogens (tertiary/aromatic N) is 4. The van der Waals surface area contributed by atoms with E-state index in [2.05, 4.69) is 32.6 Å². The zero-order chi connectivity index (χ0) is 22.3. The molecule has 7 heteroatoms. The van der Waals surface area contributed by atoms with Crippen molar-refractivity contribution in [3.05, 3.63) is 77.6 Å². The summed E-state index contributed by atoms with van der Waals surface area (Å²) >= 11 is 0. The number of methoxy groups -OCH3 is 1. The average molecular weight is 434 g/mol. The Bertz CT molecular complexity index is 1050. The van der Waals surface area contributed by atoms with E-state index in [-0.39, 0.29) is 0 Å². The first-order valence-electron chi connectivity index (χ1n) is 10.9. The van der Waals surface area contributed by atoms with Gasteiger partial charge in [0.1, 0.15) is 6.61 Å². The van der Waals surface area contributed by atoms with Gasteiger partial charge >= 0.3 is 0 Å². The van der Waals surface area contributed by atoms with Gasteiger partial charge in [-0.2, -0.15) is 5.10 Å². The molecule has 1 aliphatic heterocycles. The van der Waals surface area contributed by atoms with Gasteiger partial charge in [-0.3, -0.25) is 9.67 Å². The topological polar surface area (TPSA) is 63.9 Å². The summed E-state index contributed by atoms with van der Waals surface area (Å²) in [4.78, 5) is 6.81. The van der Waals surface area contributed by atoms with Crippen LogP contribution in [0.1, 0.15) is 29.0 Å². The second-order valence-electron chi connectivity index (χ2n) is 8.04. The lowest BCUT2D eigenvalue weighted by molar-refractivity contribution is 0.284. The number of rotatable bonds is 7. The molecule has 7 nitrogen and oxygen atoms in total. The third kappa shape index (κ3) is 5.22. The normalized spacial score (nSPS) is 16.3. The maximum absolute atomic E-state index is 5.97. The molecule has 1 atom stereocenters. The van der Waals surface area contributed by atoms with Crippen LogP contribution in [-0.4, -0.2) is 47.9 Å². The van der Waals surface area contributed by atoms with E-state index in [0.717, 1.165) is 48.1 Å². The van der Waals surface area contributed by atoms with E-state index in [1.807, 2.05) is 67.4 Å². The molecule has 1 saturated heterocycles. The van der Waals surface area contributed by atoms with Crippen LogP contribution in [0.4, 0.5) is 0 Å². The Hall–Kier alpha value is -3.48. The largest absolute Gasteiger partial charge is 0.493 e. The third-order valence-electron chi connectivity index (χ3n) is 5.81. The molecule has 2 heterocycles. The summed E-state index contributed by atoms with van der Waals surface area (Å²) in [6, 6.07) is 16.2. The maximum Gasteiger partial charge on any atom is 0.193 e. The molecule has 0 amide bonds. The highest BCUT2D eigenvalue weighted by Crippen LogP contribution is 2.29. The fraction of sp³-hybridized carbons (Fsp3) is 0.360. The van der Waals surface area contributed by atoms with Crippen LogP contribution in [0.3, 0.4) is 0 Å². The first-order valence-corrected chi connectivity index (χ1v) is 10.9. The third-order valence-corrected chi connectivity index (χ3v) is 5.81. The lowest BCUT2D eigenvalue weighted by Gasteiger charge is -2.22. The van der Waals surface area contributed by atoms with Crippen LogP contribution in [0.2, 0.25) is 0 Å². The van der Waals surface area contributed by atoms with Gasteiger partial charge in [0.05, 0.1) is 13.3 Å². The molecule has 0 radical (unpaired) electrons.